The molecule has 10 aromatic rings. The van der Waals surface area contributed by atoms with Gasteiger partial charge in [-0.1, -0.05) is 17.7 Å². The number of carbonyl (C=O) groups excluding carboxylic acids is 2. The van der Waals surface area contributed by atoms with E-state index in [4.69, 9.17) is 43.6 Å². The summed E-state index contributed by atoms with van der Waals surface area (Å²) in [4.78, 5) is 88.6. The lowest BCUT2D eigenvalue weighted by Crippen LogP contribution is -2.42. The van der Waals surface area contributed by atoms with Crippen molar-refractivity contribution in [2.75, 3.05) is 50.8 Å². The molecule has 6 aromatic carbocycles. The summed E-state index contributed by atoms with van der Waals surface area (Å²) in [7, 11) is 1.51. The highest BCUT2D eigenvalue weighted by molar-refractivity contribution is 6.05. The van der Waals surface area contributed by atoms with Gasteiger partial charge in [-0.15, -0.1) is 0 Å². The third kappa shape index (κ3) is 12.6. The quantitative estimate of drug-likeness (QED) is 0.0811. The molecule has 1 fully saturated rings. The van der Waals surface area contributed by atoms with Gasteiger partial charge in [0.1, 0.15) is 61.5 Å². The first-order valence-electron chi connectivity index (χ1n) is 29.7. The third-order valence-electron chi connectivity index (χ3n) is 15.5. The number of benzene rings is 6. The number of hydrogen-bond acceptors (Lipinski definition) is 17. The minimum atomic E-state index is -0.922. The lowest BCUT2D eigenvalue weighted by atomic mass is 10.1. The average Bonchev–Trinajstić information content (AvgIpc) is 1.02. The highest BCUT2D eigenvalue weighted by atomic mass is 19.1. The largest absolute Gasteiger partial charge is 0.493 e. The molecule has 2 amide bonds. The molecule has 94 heavy (non-hydrogen) atoms. The van der Waals surface area contributed by atoms with Gasteiger partial charge in [0.05, 0.1) is 45.8 Å². The van der Waals surface area contributed by atoms with Crippen molar-refractivity contribution in [1.82, 2.24) is 28.2 Å². The van der Waals surface area contributed by atoms with E-state index in [0.29, 0.717) is 88.4 Å². The second kappa shape index (κ2) is 25.7. The first-order chi connectivity index (χ1) is 45.2. The molecular weight excluding hydrogens is 1220 g/mol. The van der Waals surface area contributed by atoms with Crippen LogP contribution in [0.2, 0.25) is 0 Å². The predicted octanol–water partition coefficient (Wildman–Crippen LogP) is 10.5. The summed E-state index contributed by atoms with van der Waals surface area (Å²) in [6, 6.07) is 24.9. The van der Waals surface area contributed by atoms with Crippen LogP contribution in [0.3, 0.4) is 0 Å². The number of carbonyl (C=O) groups is 2. The van der Waals surface area contributed by atoms with E-state index in [0.717, 1.165) is 58.0 Å². The first kappa shape index (κ1) is 62.8. The summed E-state index contributed by atoms with van der Waals surface area (Å²) in [5.74, 6) is -1.24. The third-order valence-corrected chi connectivity index (χ3v) is 15.5. The number of nitrogens with zero attached hydrogens (tertiary/aromatic N) is 6. The van der Waals surface area contributed by atoms with Crippen LogP contribution in [0, 0.1) is 24.4 Å². The maximum absolute atomic E-state index is 15.5. The van der Waals surface area contributed by atoms with E-state index < -0.39 is 57.8 Å². The van der Waals surface area contributed by atoms with Gasteiger partial charge in [0.25, 0.3) is 22.9 Å². The van der Waals surface area contributed by atoms with E-state index in [2.05, 4.69) is 20.6 Å². The van der Waals surface area contributed by atoms with Crippen LogP contribution in [0.1, 0.15) is 78.9 Å². The van der Waals surface area contributed by atoms with Crippen LogP contribution in [0.15, 0.2) is 153 Å². The highest BCUT2D eigenvalue weighted by Crippen LogP contribution is 2.51. The van der Waals surface area contributed by atoms with Crippen molar-refractivity contribution in [3.8, 4) is 68.9 Å². The number of nitrogens with one attached hydrogen (secondary N) is 2. The Morgan fingerprint density at radius 3 is 1.41 bits per heavy atom. The van der Waals surface area contributed by atoms with Crippen molar-refractivity contribution in [2.24, 2.45) is 5.73 Å². The molecule has 23 nitrogen and oxygen atoms in total. The highest BCUT2D eigenvalue weighted by Gasteiger charge is 2.40. The average molecular weight is 1280 g/mol. The van der Waals surface area contributed by atoms with Crippen molar-refractivity contribution in [3.63, 3.8) is 0 Å². The lowest BCUT2D eigenvalue weighted by Gasteiger charge is -2.24. The van der Waals surface area contributed by atoms with Gasteiger partial charge in [0.15, 0.2) is 46.1 Å². The second-order valence-electron chi connectivity index (χ2n) is 22.9. The molecule has 0 radical (unpaired) electrons. The number of aromatic nitrogens is 6. The maximum atomic E-state index is 15.5. The monoisotopic (exact) mass is 1280 g/mol. The lowest BCUT2D eigenvalue weighted by molar-refractivity contribution is 0.101. The first-order valence-corrected chi connectivity index (χ1v) is 29.7. The van der Waals surface area contributed by atoms with Gasteiger partial charge in [-0.05, 0) is 120 Å². The van der Waals surface area contributed by atoms with Crippen LogP contribution in [-0.4, -0.2) is 85.7 Å². The molecule has 4 N–H and O–H groups in total. The Bertz CT molecular complexity index is 4910. The van der Waals surface area contributed by atoms with Crippen molar-refractivity contribution in [3.05, 3.63) is 210 Å². The van der Waals surface area contributed by atoms with Gasteiger partial charge in [0.2, 0.25) is 11.5 Å². The fourth-order valence-corrected chi connectivity index (χ4v) is 10.4. The SMILES string of the molecule is CC(C)n1cc(C(=O)Nc2ccc(Oc3ccnc4cc(OCC5(N)CC5)c5c(c34)OCCO5)c(F)c2)c(=O)n(-c2ccc(F)cc2)c1=O.COc1cc2nccc(Oc3ccc(NC(=O)c4cn(C(C)C)c(=O)n(-c5ccc(C)cc5)c4=O)cc3F)c2c2c1OCCO2. The van der Waals surface area contributed by atoms with Gasteiger partial charge in [-0.3, -0.25) is 38.3 Å². The zero-order valence-corrected chi connectivity index (χ0v) is 51.4. The normalized spacial score (nSPS) is 13.4. The van der Waals surface area contributed by atoms with Crippen molar-refractivity contribution >= 4 is 45.0 Å². The van der Waals surface area contributed by atoms with Crippen LogP contribution in [-0.2, 0) is 0 Å². The molecule has 1 aliphatic carbocycles. The summed E-state index contributed by atoms with van der Waals surface area (Å²) in [6.45, 7) is 10.3. The topological polar surface area (TPSA) is 272 Å². The molecule has 26 heteroatoms. The number of anilines is 2. The number of halogens is 3. The zero-order chi connectivity index (χ0) is 66.3. The number of nitrogens with two attached hydrogens (primary N) is 1. The molecule has 3 aliphatic rings. The second-order valence-corrected chi connectivity index (χ2v) is 22.9. The zero-order valence-electron chi connectivity index (χ0n) is 51.4. The van der Waals surface area contributed by atoms with Gasteiger partial charge in [-0.2, -0.15) is 0 Å². The Hall–Kier alpha value is -11.4. The number of rotatable bonds is 16. The molecule has 0 saturated heterocycles. The van der Waals surface area contributed by atoms with Crippen LogP contribution in [0.25, 0.3) is 33.2 Å². The minimum Gasteiger partial charge on any atom is -0.493 e. The number of ether oxygens (including phenoxy) is 8. The van der Waals surface area contributed by atoms with Crippen molar-refractivity contribution in [2.45, 2.75) is 65.1 Å². The molecule has 2 aliphatic heterocycles. The molecule has 4 aromatic heterocycles. The predicted molar refractivity (Wildman–Crippen MR) is 341 cm³/mol. The number of methoxy groups -OCH3 is 1. The summed E-state index contributed by atoms with van der Waals surface area (Å²) in [6.07, 6.45) is 7.13. The Labute approximate surface area is 532 Å². The molecule has 13 rings (SSSR count). The van der Waals surface area contributed by atoms with Crippen LogP contribution >= 0.6 is 0 Å². The summed E-state index contributed by atoms with van der Waals surface area (Å²) < 4.78 is 95.6. The number of pyridine rings is 2. The molecule has 1 saturated carbocycles. The number of amides is 2. The molecule has 0 atom stereocenters. The standard InChI is InChI=1S/C35H31F2N5O7.C33H29FN4O7/c1-19(2)41-17-23(33(44)42(34(41)45)22-6-3-20(36)4-7-22)32(43)40-21-5-8-26(24(37)15-21)49-27-9-12-39-25-16-28(48-18-35(38)10-11-35)30-31(29(25)27)47-14-13-46-30;1-18(2)37-17-22(32(40)38(33(37)41)21-8-5-19(3)6-9-21)31(39)36-20-7-10-25(23(34)15-20)45-26-11-12-35-24-16-27(42-4)29-30(28(24)26)44-14-13-43-29/h3-9,12,15-17,19H,10-11,13-14,18,38H2,1-2H3,(H,40,43);5-12,15-18H,13-14H2,1-4H3,(H,36,39). The van der Waals surface area contributed by atoms with E-state index in [1.165, 1.54) is 71.2 Å². The molecule has 0 unspecified atom stereocenters. The number of hydrogen-bond donors (Lipinski definition) is 3. The van der Waals surface area contributed by atoms with Crippen LogP contribution in [0.4, 0.5) is 24.5 Å². The molecule has 482 valence electrons. The Morgan fingerprint density at radius 2 is 0.989 bits per heavy atom. The number of aryl methyl sites for hydroxylation is 1. The van der Waals surface area contributed by atoms with Gasteiger partial charge in [0, 0.05) is 72.5 Å². The Kier molecular flexibility index (Phi) is 17.2. The van der Waals surface area contributed by atoms with E-state index in [9.17, 15) is 33.2 Å². The molecule has 6 heterocycles. The maximum Gasteiger partial charge on any atom is 0.335 e. The summed E-state index contributed by atoms with van der Waals surface area (Å²) in [5.41, 5.74) is 4.60. The van der Waals surface area contributed by atoms with E-state index in [1.54, 1.807) is 76.2 Å². The Morgan fingerprint density at radius 1 is 0.564 bits per heavy atom. The van der Waals surface area contributed by atoms with Crippen molar-refractivity contribution < 1.29 is 60.7 Å². The Balaban J connectivity index is 0.000000181. The van der Waals surface area contributed by atoms with Crippen LogP contribution in [0.5, 0.6) is 57.5 Å². The van der Waals surface area contributed by atoms with Gasteiger partial charge < -0.3 is 54.3 Å². The molecule has 0 spiro atoms. The fraction of sp³-hybridized carbons (Fsp3) is 0.235. The smallest absolute Gasteiger partial charge is 0.335 e. The minimum absolute atomic E-state index is 0.0220. The molecular formula is C68H60F3N9O14. The summed E-state index contributed by atoms with van der Waals surface area (Å²) >= 11 is 0. The van der Waals surface area contributed by atoms with Gasteiger partial charge >= 0.3 is 11.4 Å². The molecule has 0 bridgehead atoms. The van der Waals surface area contributed by atoms with E-state index >= 15 is 8.78 Å². The summed E-state index contributed by atoms with van der Waals surface area (Å²) in [5, 5.41) is 6.01. The van der Waals surface area contributed by atoms with E-state index in [-0.39, 0.29) is 69.4 Å². The fourth-order valence-electron chi connectivity index (χ4n) is 10.4. The van der Waals surface area contributed by atoms with Crippen LogP contribution < -0.4 is 76.8 Å². The van der Waals surface area contributed by atoms with E-state index in [1.807, 2.05) is 6.92 Å². The van der Waals surface area contributed by atoms with Crippen molar-refractivity contribution in [1.29, 1.82) is 0 Å². The number of fused-ring (bicyclic) bond motifs is 6. The van der Waals surface area contributed by atoms with Gasteiger partial charge in [-0.25, -0.2) is 31.9 Å².